The third-order valence-electron chi connectivity index (χ3n) is 2.41. The predicted octanol–water partition coefficient (Wildman–Crippen LogP) is 3.76. The fraction of sp³-hybridized carbons (Fsp3) is 0.286. The summed E-state index contributed by atoms with van der Waals surface area (Å²) in [4.78, 5) is 0. The van der Waals surface area contributed by atoms with Crippen molar-refractivity contribution in [1.82, 2.24) is 0 Å². The summed E-state index contributed by atoms with van der Waals surface area (Å²) in [6.45, 7) is 6.21. The first-order valence-electron chi connectivity index (χ1n) is 5.46. The minimum Gasteiger partial charge on any atom is -0.505 e. The smallest absolute Gasteiger partial charge is 0.146 e. The van der Waals surface area contributed by atoms with E-state index in [4.69, 9.17) is 0 Å². The fourth-order valence-electron chi connectivity index (χ4n) is 1.76. The summed E-state index contributed by atoms with van der Waals surface area (Å²) in [5, 5.41) is 15.4. The van der Waals surface area contributed by atoms with Gasteiger partial charge in [-0.25, -0.2) is 0 Å². The first-order valence-corrected chi connectivity index (χ1v) is 5.46. The Hall–Kier alpha value is -1.70. The molecule has 0 saturated carbocycles. The molecule has 2 nitrogen and oxygen atoms in total. The fourth-order valence-corrected chi connectivity index (χ4v) is 1.76. The molecule has 0 bridgehead atoms. The first-order chi connectivity index (χ1) is 7.47. The monoisotopic (exact) mass is 215 g/mol. The number of aromatic hydroxyl groups is 1. The van der Waals surface area contributed by atoms with Crippen LogP contribution in [0.4, 0.5) is 5.69 Å². The van der Waals surface area contributed by atoms with Gasteiger partial charge in [0, 0.05) is 10.9 Å². The van der Waals surface area contributed by atoms with Crippen molar-refractivity contribution in [1.29, 1.82) is 0 Å². The summed E-state index contributed by atoms with van der Waals surface area (Å²) < 4.78 is 0. The lowest BCUT2D eigenvalue weighted by atomic mass is 10.1. The Morgan fingerprint density at radius 1 is 1.00 bits per heavy atom. The van der Waals surface area contributed by atoms with Gasteiger partial charge >= 0.3 is 0 Å². The number of anilines is 1. The van der Waals surface area contributed by atoms with Gasteiger partial charge in [0.05, 0.1) is 5.69 Å². The van der Waals surface area contributed by atoms with Crippen LogP contribution in [0.2, 0.25) is 0 Å². The summed E-state index contributed by atoms with van der Waals surface area (Å²) in [5.41, 5.74) is 0.728. The quantitative estimate of drug-likeness (QED) is 0.710. The number of benzene rings is 2. The molecule has 2 rings (SSSR count). The van der Waals surface area contributed by atoms with E-state index in [0.717, 1.165) is 16.5 Å². The van der Waals surface area contributed by atoms with E-state index in [-0.39, 0.29) is 5.54 Å². The van der Waals surface area contributed by atoms with E-state index in [0.29, 0.717) is 5.75 Å². The van der Waals surface area contributed by atoms with Gasteiger partial charge in [0.25, 0.3) is 0 Å². The second-order valence-corrected chi connectivity index (χ2v) is 5.06. The van der Waals surface area contributed by atoms with Crippen molar-refractivity contribution in [2.45, 2.75) is 26.3 Å². The molecule has 0 spiro atoms. The highest BCUT2D eigenvalue weighted by Crippen LogP contribution is 2.33. The average molecular weight is 215 g/mol. The van der Waals surface area contributed by atoms with E-state index < -0.39 is 0 Å². The third kappa shape index (κ3) is 2.11. The van der Waals surface area contributed by atoms with Crippen LogP contribution in [-0.2, 0) is 0 Å². The van der Waals surface area contributed by atoms with E-state index in [1.165, 1.54) is 0 Å². The van der Waals surface area contributed by atoms with Gasteiger partial charge in [-0.1, -0.05) is 30.3 Å². The SMILES string of the molecule is CC(C)(C)Nc1ccc2ccccc2c1O. The van der Waals surface area contributed by atoms with Crippen molar-refractivity contribution in [3.05, 3.63) is 36.4 Å². The Labute approximate surface area is 95.9 Å². The number of hydrogen-bond donors (Lipinski definition) is 2. The lowest BCUT2D eigenvalue weighted by Gasteiger charge is -2.23. The summed E-state index contributed by atoms with van der Waals surface area (Å²) >= 11 is 0. The van der Waals surface area contributed by atoms with Crippen LogP contribution >= 0.6 is 0 Å². The molecule has 2 aromatic carbocycles. The molecule has 0 aliphatic heterocycles. The molecule has 0 aromatic heterocycles. The van der Waals surface area contributed by atoms with Crippen LogP contribution in [0.1, 0.15) is 20.8 Å². The minimum atomic E-state index is -0.0556. The number of fused-ring (bicyclic) bond motifs is 1. The second-order valence-electron chi connectivity index (χ2n) is 5.06. The Morgan fingerprint density at radius 2 is 1.69 bits per heavy atom. The summed E-state index contributed by atoms with van der Waals surface area (Å²) in [6, 6.07) is 11.8. The Kier molecular flexibility index (Phi) is 2.50. The number of nitrogens with one attached hydrogen (secondary N) is 1. The molecule has 0 fully saturated rings. The van der Waals surface area contributed by atoms with Gasteiger partial charge in [-0.05, 0) is 32.2 Å². The zero-order valence-corrected chi connectivity index (χ0v) is 9.91. The number of phenolic OH excluding ortho intramolecular Hbond substituents is 1. The maximum absolute atomic E-state index is 10.2. The molecule has 0 aliphatic rings. The number of hydrogen-bond acceptors (Lipinski definition) is 2. The van der Waals surface area contributed by atoms with Gasteiger partial charge in [-0.3, -0.25) is 0 Å². The van der Waals surface area contributed by atoms with Crippen LogP contribution in [-0.4, -0.2) is 10.6 Å². The molecule has 0 atom stereocenters. The minimum absolute atomic E-state index is 0.0556. The van der Waals surface area contributed by atoms with Gasteiger partial charge in [0.2, 0.25) is 0 Å². The molecule has 0 radical (unpaired) electrons. The molecule has 0 saturated heterocycles. The molecule has 84 valence electrons. The van der Waals surface area contributed by atoms with Crippen LogP contribution in [0.25, 0.3) is 10.8 Å². The van der Waals surface area contributed by atoms with Crippen LogP contribution < -0.4 is 5.32 Å². The van der Waals surface area contributed by atoms with Gasteiger partial charge in [-0.15, -0.1) is 0 Å². The summed E-state index contributed by atoms with van der Waals surface area (Å²) in [7, 11) is 0. The first kappa shape index (κ1) is 10.8. The standard InChI is InChI=1S/C14H17NO/c1-14(2,3)15-12-9-8-10-6-4-5-7-11(10)13(12)16/h4-9,15-16H,1-3H3. The lowest BCUT2D eigenvalue weighted by Crippen LogP contribution is -2.26. The van der Waals surface area contributed by atoms with Gasteiger partial charge in [-0.2, -0.15) is 0 Å². The maximum Gasteiger partial charge on any atom is 0.146 e. The molecule has 2 N–H and O–H groups in total. The molecule has 2 aromatic rings. The molecule has 0 amide bonds. The molecule has 0 aliphatic carbocycles. The van der Waals surface area contributed by atoms with E-state index >= 15 is 0 Å². The topological polar surface area (TPSA) is 32.3 Å². The van der Waals surface area contributed by atoms with Gasteiger partial charge < -0.3 is 10.4 Å². The van der Waals surface area contributed by atoms with Crippen LogP contribution in [0.3, 0.4) is 0 Å². The van der Waals surface area contributed by atoms with Crippen LogP contribution in [0, 0.1) is 0 Å². The van der Waals surface area contributed by atoms with Crippen molar-refractivity contribution in [2.75, 3.05) is 5.32 Å². The average Bonchev–Trinajstić information content (AvgIpc) is 2.21. The van der Waals surface area contributed by atoms with Crippen molar-refractivity contribution >= 4 is 16.5 Å². The van der Waals surface area contributed by atoms with Crippen molar-refractivity contribution < 1.29 is 5.11 Å². The molecule has 2 heteroatoms. The summed E-state index contributed by atoms with van der Waals surface area (Å²) in [6.07, 6.45) is 0. The van der Waals surface area contributed by atoms with Crippen LogP contribution in [0.5, 0.6) is 5.75 Å². The highest BCUT2D eigenvalue weighted by Gasteiger charge is 2.13. The lowest BCUT2D eigenvalue weighted by molar-refractivity contribution is 0.480. The number of rotatable bonds is 1. The molecular formula is C14H17NO. The zero-order chi connectivity index (χ0) is 11.8. The van der Waals surface area contributed by atoms with E-state index in [1.807, 2.05) is 36.4 Å². The van der Waals surface area contributed by atoms with Crippen molar-refractivity contribution in [2.24, 2.45) is 0 Å². The molecule has 0 unspecified atom stereocenters. The molecule has 0 heterocycles. The highest BCUT2D eigenvalue weighted by atomic mass is 16.3. The number of phenols is 1. The van der Waals surface area contributed by atoms with E-state index in [1.54, 1.807) is 0 Å². The van der Waals surface area contributed by atoms with Gasteiger partial charge in [0.15, 0.2) is 0 Å². The second kappa shape index (κ2) is 3.71. The van der Waals surface area contributed by atoms with Crippen LogP contribution in [0.15, 0.2) is 36.4 Å². The zero-order valence-electron chi connectivity index (χ0n) is 9.91. The maximum atomic E-state index is 10.2. The largest absolute Gasteiger partial charge is 0.505 e. The predicted molar refractivity (Wildman–Crippen MR) is 69.0 cm³/mol. The van der Waals surface area contributed by atoms with E-state index in [2.05, 4.69) is 26.1 Å². The molecular weight excluding hydrogens is 198 g/mol. The van der Waals surface area contributed by atoms with Crippen molar-refractivity contribution in [3.63, 3.8) is 0 Å². The van der Waals surface area contributed by atoms with E-state index in [9.17, 15) is 5.11 Å². The Balaban J connectivity index is 2.53. The highest BCUT2D eigenvalue weighted by molar-refractivity contribution is 5.93. The third-order valence-corrected chi connectivity index (χ3v) is 2.41. The normalized spacial score (nSPS) is 11.7. The molecule has 16 heavy (non-hydrogen) atoms. The van der Waals surface area contributed by atoms with Crippen molar-refractivity contribution in [3.8, 4) is 5.75 Å². The summed E-state index contributed by atoms with van der Waals surface area (Å²) in [5.74, 6) is 0.327. The Morgan fingerprint density at radius 3 is 2.38 bits per heavy atom. The Bertz CT molecular complexity index is 512. The van der Waals surface area contributed by atoms with Gasteiger partial charge in [0.1, 0.15) is 5.75 Å².